The molecule has 2 aromatic carbocycles. The number of hydrogen-bond acceptors (Lipinski definition) is 0. The molecule has 0 aromatic heterocycles. The summed E-state index contributed by atoms with van der Waals surface area (Å²) in [7, 11) is -1.90. The first-order valence-corrected chi connectivity index (χ1v) is 16.8. The maximum atomic E-state index is 2.64. The zero-order valence-electron chi connectivity index (χ0n) is 22.4. The highest BCUT2D eigenvalue weighted by Crippen LogP contribution is 2.58. The summed E-state index contributed by atoms with van der Waals surface area (Å²) in [6.07, 6.45) is 23.7. The average Bonchev–Trinajstić information content (AvgIpc) is 3.23. The van der Waals surface area contributed by atoms with Crippen LogP contribution >= 0.6 is 0 Å². The summed E-state index contributed by atoms with van der Waals surface area (Å²) in [5.41, 5.74) is 12.9. The van der Waals surface area contributed by atoms with Gasteiger partial charge in [0, 0.05) is 22.9 Å². The Balaban J connectivity index is 1.43. The molecule has 184 valence electrons. The fourth-order valence-corrected chi connectivity index (χ4v) is 12.5. The minimum absolute atomic E-state index is 0.315. The third-order valence-electron chi connectivity index (χ3n) is 8.82. The summed E-state index contributed by atoms with van der Waals surface area (Å²) >= 11 is 0. The molecule has 0 saturated heterocycles. The molecule has 0 aliphatic heterocycles. The van der Waals surface area contributed by atoms with E-state index in [0.717, 1.165) is 0 Å². The highest BCUT2D eigenvalue weighted by molar-refractivity contribution is 6.83. The number of allylic oxidation sites excluding steroid dienone is 16. The van der Waals surface area contributed by atoms with Crippen LogP contribution < -0.4 is 0 Å². The molecular formula is C36H36Si. The lowest BCUT2D eigenvalue weighted by Crippen LogP contribution is -2.39. The van der Waals surface area contributed by atoms with Crippen molar-refractivity contribution >= 4 is 8.07 Å². The Morgan fingerprint density at radius 3 is 1.32 bits per heavy atom. The van der Waals surface area contributed by atoms with Gasteiger partial charge in [-0.25, -0.2) is 0 Å². The van der Waals surface area contributed by atoms with E-state index in [-0.39, 0.29) is 0 Å². The second kappa shape index (κ2) is 9.47. The van der Waals surface area contributed by atoms with Crippen molar-refractivity contribution in [3.05, 3.63) is 166 Å². The lowest BCUT2D eigenvalue weighted by Gasteiger charge is -2.40. The maximum absolute atomic E-state index is 2.64. The van der Waals surface area contributed by atoms with E-state index < -0.39 is 8.07 Å². The topological polar surface area (TPSA) is 0 Å². The standard InChI is InChI=1S/C36H36Si/c1-25-23-33-29(27-15-7-5-8-16-27)19-11-13-21-31(33)35(25)37(3,4)36-26(2)24-34-30(20-12-14-22-32(34)36)28-17-9-6-10-18-28/h5-24,29-30,35-36H,1-4H3. The largest absolute Gasteiger partial charge is 0.0726 e. The summed E-state index contributed by atoms with van der Waals surface area (Å²) in [5.74, 6) is 0.630. The molecule has 0 saturated carbocycles. The molecule has 0 nitrogen and oxygen atoms in total. The monoisotopic (exact) mass is 496 g/mol. The molecule has 4 atom stereocenters. The van der Waals surface area contributed by atoms with Crippen LogP contribution in [0.2, 0.25) is 24.2 Å². The average molecular weight is 497 g/mol. The summed E-state index contributed by atoms with van der Waals surface area (Å²) < 4.78 is 0. The Morgan fingerprint density at radius 2 is 0.919 bits per heavy atom. The van der Waals surface area contributed by atoms with Crippen LogP contribution in [0.3, 0.4) is 0 Å². The van der Waals surface area contributed by atoms with Gasteiger partial charge >= 0.3 is 0 Å². The first-order valence-electron chi connectivity index (χ1n) is 13.6. The van der Waals surface area contributed by atoms with Gasteiger partial charge < -0.3 is 0 Å². The lowest BCUT2D eigenvalue weighted by atomic mass is 9.89. The van der Waals surface area contributed by atoms with Gasteiger partial charge in [-0.1, -0.05) is 146 Å². The minimum Gasteiger partial charge on any atom is -0.0726 e. The number of rotatable bonds is 4. The number of benzene rings is 2. The van der Waals surface area contributed by atoms with Gasteiger partial charge in [0.2, 0.25) is 0 Å². The third-order valence-corrected chi connectivity index (χ3v) is 13.3. The first kappa shape index (κ1) is 23.9. The van der Waals surface area contributed by atoms with Gasteiger partial charge in [0.05, 0.1) is 8.07 Å². The van der Waals surface area contributed by atoms with Crippen LogP contribution in [0, 0.1) is 0 Å². The summed E-state index contributed by atoms with van der Waals surface area (Å²) in [5, 5.41) is 0. The van der Waals surface area contributed by atoms with Crippen molar-refractivity contribution in [1.82, 2.24) is 0 Å². The summed E-state index contributed by atoms with van der Waals surface area (Å²) in [6.45, 7) is 10.0. The van der Waals surface area contributed by atoms with E-state index in [0.29, 0.717) is 22.9 Å². The van der Waals surface area contributed by atoms with Crippen molar-refractivity contribution in [3.63, 3.8) is 0 Å². The third kappa shape index (κ3) is 4.06. The first-order chi connectivity index (χ1) is 18.0. The molecule has 0 bridgehead atoms. The molecule has 0 heterocycles. The lowest BCUT2D eigenvalue weighted by molar-refractivity contribution is 0.981. The Labute approximate surface area is 223 Å². The van der Waals surface area contributed by atoms with Crippen molar-refractivity contribution in [2.75, 3.05) is 0 Å². The van der Waals surface area contributed by atoms with E-state index in [1.165, 1.54) is 22.3 Å². The van der Waals surface area contributed by atoms with Gasteiger partial charge in [0.1, 0.15) is 0 Å². The molecule has 0 amide bonds. The van der Waals surface area contributed by atoms with Gasteiger partial charge in [0.15, 0.2) is 0 Å². The second-order valence-electron chi connectivity index (χ2n) is 11.6. The van der Waals surface area contributed by atoms with Crippen LogP contribution in [-0.2, 0) is 0 Å². The maximum Gasteiger partial charge on any atom is 0.0721 e. The van der Waals surface area contributed by atoms with E-state index in [9.17, 15) is 0 Å². The molecule has 6 rings (SSSR count). The van der Waals surface area contributed by atoms with Crippen LogP contribution in [0.15, 0.2) is 155 Å². The van der Waals surface area contributed by atoms with Crippen molar-refractivity contribution in [3.8, 4) is 0 Å². The quantitative estimate of drug-likeness (QED) is 0.370. The van der Waals surface area contributed by atoms with E-state index in [1.54, 1.807) is 22.3 Å². The van der Waals surface area contributed by atoms with E-state index in [1.807, 2.05) is 0 Å². The second-order valence-corrected chi connectivity index (χ2v) is 16.3. The van der Waals surface area contributed by atoms with Gasteiger partial charge in [-0.3, -0.25) is 0 Å². The molecule has 4 aliphatic carbocycles. The molecule has 4 aliphatic rings. The molecule has 37 heavy (non-hydrogen) atoms. The van der Waals surface area contributed by atoms with Crippen molar-refractivity contribution in [1.29, 1.82) is 0 Å². The van der Waals surface area contributed by atoms with Crippen LogP contribution in [0.25, 0.3) is 0 Å². The van der Waals surface area contributed by atoms with Crippen LogP contribution in [0.4, 0.5) is 0 Å². The molecule has 0 radical (unpaired) electrons. The van der Waals surface area contributed by atoms with Crippen LogP contribution in [0.5, 0.6) is 0 Å². The fraction of sp³-hybridized carbons (Fsp3) is 0.222. The zero-order chi connectivity index (χ0) is 25.6. The van der Waals surface area contributed by atoms with Crippen molar-refractivity contribution in [2.45, 2.75) is 49.9 Å². The van der Waals surface area contributed by atoms with E-state index >= 15 is 0 Å². The van der Waals surface area contributed by atoms with E-state index in [4.69, 9.17) is 0 Å². The predicted molar refractivity (Wildman–Crippen MR) is 161 cm³/mol. The highest BCUT2D eigenvalue weighted by atomic mass is 28.3. The molecule has 1 heteroatoms. The Hall–Kier alpha value is -3.42. The van der Waals surface area contributed by atoms with E-state index in [2.05, 4.69) is 148 Å². The molecule has 2 aromatic rings. The summed E-state index contributed by atoms with van der Waals surface area (Å²) in [4.78, 5) is 0. The Kier molecular flexibility index (Phi) is 6.13. The molecule has 0 N–H and O–H groups in total. The Morgan fingerprint density at radius 1 is 0.514 bits per heavy atom. The van der Waals surface area contributed by atoms with Crippen LogP contribution in [-0.4, -0.2) is 8.07 Å². The van der Waals surface area contributed by atoms with Crippen molar-refractivity contribution < 1.29 is 0 Å². The minimum atomic E-state index is -1.90. The van der Waals surface area contributed by atoms with Crippen LogP contribution in [0.1, 0.15) is 36.8 Å². The van der Waals surface area contributed by atoms with Gasteiger partial charge in [0.25, 0.3) is 0 Å². The normalized spacial score (nSPS) is 26.6. The molecular weight excluding hydrogens is 460 g/mol. The number of hydrogen-bond donors (Lipinski definition) is 0. The molecule has 4 unspecified atom stereocenters. The summed E-state index contributed by atoms with van der Waals surface area (Å²) in [6, 6.07) is 22.0. The van der Waals surface area contributed by atoms with Gasteiger partial charge in [-0.2, -0.15) is 0 Å². The smallest absolute Gasteiger partial charge is 0.0721 e. The SMILES string of the molecule is CC1=CC2=C(C=CC=CC2c2ccccc2)C1[Si](C)(C)C1C(C)=CC2=C1C=CC=CC2c1ccccc1. The van der Waals surface area contributed by atoms with Gasteiger partial charge in [-0.05, 0) is 47.3 Å². The predicted octanol–water partition coefficient (Wildman–Crippen LogP) is 9.77. The fourth-order valence-electron chi connectivity index (χ4n) is 7.49. The van der Waals surface area contributed by atoms with Crippen molar-refractivity contribution in [2.24, 2.45) is 0 Å². The van der Waals surface area contributed by atoms with Gasteiger partial charge in [-0.15, -0.1) is 0 Å². The highest BCUT2D eigenvalue weighted by Gasteiger charge is 2.48. The molecule has 0 spiro atoms. The molecule has 0 fully saturated rings. The Bertz CT molecular complexity index is 1340. The zero-order valence-corrected chi connectivity index (χ0v) is 23.4.